The predicted molar refractivity (Wildman–Crippen MR) is 61.5 cm³/mol. The molecule has 1 aliphatic heterocycles. The van der Waals surface area contributed by atoms with E-state index in [1.807, 2.05) is 0 Å². The maximum absolute atomic E-state index is 11.2. The minimum atomic E-state index is -3.77. The zero-order chi connectivity index (χ0) is 12.5. The van der Waals surface area contributed by atoms with Crippen LogP contribution in [-0.4, -0.2) is 21.4 Å². The summed E-state index contributed by atoms with van der Waals surface area (Å²) in [6.45, 7) is 0.478. The molecule has 1 atom stereocenters. The van der Waals surface area contributed by atoms with Gasteiger partial charge >= 0.3 is 0 Å². The molecule has 1 N–H and O–H groups in total. The summed E-state index contributed by atoms with van der Waals surface area (Å²) in [7, 11) is 1.49. The van der Waals surface area contributed by atoms with E-state index in [4.69, 9.17) is 15.4 Å². The highest BCUT2D eigenvalue weighted by molar-refractivity contribution is 8.13. The molecule has 1 unspecified atom stereocenters. The van der Waals surface area contributed by atoms with Gasteiger partial charge in [-0.15, -0.1) is 0 Å². The van der Waals surface area contributed by atoms with Crippen LogP contribution < -0.4 is 10.1 Å². The standard InChI is InChI=1S/C10H10ClNO4S/c11-17(14,15)7-1-2-10-8(5-7)9(12-6-13)3-4-16-10/h1-2,5-6,9H,3-4H2,(H,12,13). The quantitative estimate of drug-likeness (QED) is 0.664. The molecule has 0 bridgehead atoms. The van der Waals surface area contributed by atoms with E-state index in [9.17, 15) is 13.2 Å². The molecule has 1 aromatic carbocycles. The van der Waals surface area contributed by atoms with Gasteiger partial charge in [-0.25, -0.2) is 8.42 Å². The molecule has 0 aliphatic carbocycles. The average molecular weight is 276 g/mol. The molecular formula is C10H10ClNO4S. The number of benzene rings is 1. The molecule has 1 heterocycles. The molecular weight excluding hydrogens is 266 g/mol. The van der Waals surface area contributed by atoms with Crippen molar-refractivity contribution >= 4 is 26.1 Å². The summed E-state index contributed by atoms with van der Waals surface area (Å²) in [4.78, 5) is 10.5. The molecule has 92 valence electrons. The number of carbonyl (C=O) groups is 1. The van der Waals surface area contributed by atoms with E-state index >= 15 is 0 Å². The second kappa shape index (κ2) is 4.54. The number of rotatable bonds is 3. The van der Waals surface area contributed by atoms with Crippen LogP contribution in [0, 0.1) is 0 Å². The van der Waals surface area contributed by atoms with Crippen LogP contribution in [0.25, 0.3) is 0 Å². The van der Waals surface area contributed by atoms with Gasteiger partial charge in [0.15, 0.2) is 0 Å². The normalized spacial score (nSPS) is 19.0. The second-order valence-electron chi connectivity index (χ2n) is 3.61. The fraction of sp³-hybridized carbons (Fsp3) is 0.300. The third kappa shape index (κ3) is 2.53. The minimum Gasteiger partial charge on any atom is -0.493 e. The molecule has 5 nitrogen and oxygen atoms in total. The fourth-order valence-electron chi connectivity index (χ4n) is 1.78. The number of ether oxygens (including phenoxy) is 1. The van der Waals surface area contributed by atoms with Crippen LogP contribution in [0.4, 0.5) is 0 Å². The summed E-state index contributed by atoms with van der Waals surface area (Å²) in [6, 6.07) is 4.11. The SMILES string of the molecule is O=CNC1CCOc2ccc(S(=O)(=O)Cl)cc21. The molecule has 0 saturated carbocycles. The number of hydrogen-bond acceptors (Lipinski definition) is 4. The zero-order valence-electron chi connectivity index (χ0n) is 8.72. The Balaban J connectivity index is 2.47. The average Bonchev–Trinajstić information content (AvgIpc) is 2.28. The molecule has 7 heteroatoms. The Morgan fingerprint density at radius 2 is 2.24 bits per heavy atom. The van der Waals surface area contributed by atoms with Gasteiger partial charge in [0, 0.05) is 22.7 Å². The van der Waals surface area contributed by atoms with Crippen molar-refractivity contribution < 1.29 is 17.9 Å². The molecule has 1 amide bonds. The van der Waals surface area contributed by atoms with Crippen LogP contribution in [0.2, 0.25) is 0 Å². The lowest BCUT2D eigenvalue weighted by Gasteiger charge is -2.25. The molecule has 0 saturated heterocycles. The smallest absolute Gasteiger partial charge is 0.261 e. The summed E-state index contributed by atoms with van der Waals surface area (Å²) in [6.07, 6.45) is 1.18. The summed E-state index contributed by atoms with van der Waals surface area (Å²) in [5.41, 5.74) is 0.630. The number of hydrogen-bond donors (Lipinski definition) is 1. The van der Waals surface area contributed by atoms with Gasteiger partial charge < -0.3 is 10.1 Å². The first-order chi connectivity index (χ1) is 8.02. The fourth-order valence-corrected chi connectivity index (χ4v) is 2.57. The molecule has 0 fully saturated rings. The van der Waals surface area contributed by atoms with Crippen molar-refractivity contribution in [1.82, 2.24) is 5.32 Å². The molecule has 0 spiro atoms. The van der Waals surface area contributed by atoms with Crippen molar-refractivity contribution in [2.75, 3.05) is 6.61 Å². The van der Waals surface area contributed by atoms with Crippen molar-refractivity contribution in [3.63, 3.8) is 0 Å². The topological polar surface area (TPSA) is 72.5 Å². The van der Waals surface area contributed by atoms with Gasteiger partial charge in [-0.1, -0.05) is 0 Å². The van der Waals surface area contributed by atoms with E-state index in [1.165, 1.54) is 12.1 Å². The monoisotopic (exact) mass is 275 g/mol. The highest BCUT2D eigenvalue weighted by Crippen LogP contribution is 2.34. The van der Waals surface area contributed by atoms with Crippen molar-refractivity contribution in [2.45, 2.75) is 17.4 Å². The highest BCUT2D eigenvalue weighted by atomic mass is 35.7. The Morgan fingerprint density at radius 3 is 2.88 bits per heavy atom. The van der Waals surface area contributed by atoms with E-state index in [0.717, 1.165) is 0 Å². The Hall–Kier alpha value is -1.27. The first kappa shape index (κ1) is 12.2. The summed E-state index contributed by atoms with van der Waals surface area (Å²) in [5, 5.41) is 2.62. The van der Waals surface area contributed by atoms with Crippen LogP contribution in [0.1, 0.15) is 18.0 Å². The van der Waals surface area contributed by atoms with Gasteiger partial charge in [-0.2, -0.15) is 0 Å². The Bertz CT molecular complexity index is 543. The molecule has 0 radical (unpaired) electrons. The van der Waals surface area contributed by atoms with Crippen LogP contribution in [-0.2, 0) is 13.8 Å². The molecule has 1 aromatic rings. The molecule has 1 aliphatic rings. The lowest BCUT2D eigenvalue weighted by atomic mass is 10.0. The largest absolute Gasteiger partial charge is 0.493 e. The summed E-state index contributed by atoms with van der Waals surface area (Å²) in [5.74, 6) is 0.569. The maximum Gasteiger partial charge on any atom is 0.261 e. The lowest BCUT2D eigenvalue weighted by molar-refractivity contribution is -0.110. The van der Waals surface area contributed by atoms with E-state index in [0.29, 0.717) is 30.8 Å². The number of halogens is 1. The number of nitrogens with one attached hydrogen (secondary N) is 1. The van der Waals surface area contributed by atoms with Crippen molar-refractivity contribution in [3.05, 3.63) is 23.8 Å². The van der Waals surface area contributed by atoms with Crippen LogP contribution in [0.3, 0.4) is 0 Å². The van der Waals surface area contributed by atoms with Crippen LogP contribution in [0.15, 0.2) is 23.1 Å². The van der Waals surface area contributed by atoms with E-state index in [1.54, 1.807) is 6.07 Å². The molecule has 17 heavy (non-hydrogen) atoms. The predicted octanol–water partition coefficient (Wildman–Crippen LogP) is 1.18. The van der Waals surface area contributed by atoms with Gasteiger partial charge in [0.05, 0.1) is 17.5 Å². The van der Waals surface area contributed by atoms with Gasteiger partial charge in [-0.05, 0) is 18.2 Å². The van der Waals surface area contributed by atoms with E-state index < -0.39 is 9.05 Å². The number of fused-ring (bicyclic) bond motifs is 1. The Morgan fingerprint density at radius 1 is 1.47 bits per heavy atom. The van der Waals surface area contributed by atoms with Crippen LogP contribution >= 0.6 is 10.7 Å². The lowest BCUT2D eigenvalue weighted by Crippen LogP contribution is -2.26. The minimum absolute atomic E-state index is 0.00103. The number of carbonyl (C=O) groups excluding carboxylic acids is 1. The van der Waals surface area contributed by atoms with Crippen molar-refractivity contribution in [2.24, 2.45) is 0 Å². The molecule has 2 rings (SSSR count). The summed E-state index contributed by atoms with van der Waals surface area (Å²) < 4.78 is 27.8. The van der Waals surface area contributed by atoms with Gasteiger partial charge in [0.25, 0.3) is 9.05 Å². The third-order valence-electron chi connectivity index (χ3n) is 2.57. The highest BCUT2D eigenvalue weighted by Gasteiger charge is 2.23. The van der Waals surface area contributed by atoms with Crippen molar-refractivity contribution in [3.8, 4) is 5.75 Å². The van der Waals surface area contributed by atoms with Crippen molar-refractivity contribution in [1.29, 1.82) is 0 Å². The van der Waals surface area contributed by atoms with Gasteiger partial charge in [0.1, 0.15) is 5.75 Å². The van der Waals surface area contributed by atoms with Gasteiger partial charge in [-0.3, -0.25) is 4.79 Å². The zero-order valence-corrected chi connectivity index (χ0v) is 10.3. The van der Waals surface area contributed by atoms with Crippen LogP contribution in [0.5, 0.6) is 5.75 Å². The Labute approximate surface area is 103 Å². The maximum atomic E-state index is 11.2. The number of amides is 1. The first-order valence-corrected chi connectivity index (χ1v) is 7.24. The van der Waals surface area contributed by atoms with E-state index in [-0.39, 0.29) is 10.9 Å². The second-order valence-corrected chi connectivity index (χ2v) is 6.18. The van der Waals surface area contributed by atoms with Gasteiger partial charge in [0.2, 0.25) is 6.41 Å². The molecule has 0 aromatic heterocycles. The first-order valence-electron chi connectivity index (χ1n) is 4.93. The Kier molecular flexibility index (Phi) is 3.26. The third-order valence-corrected chi connectivity index (χ3v) is 3.92. The van der Waals surface area contributed by atoms with E-state index in [2.05, 4.69) is 5.32 Å². The summed E-state index contributed by atoms with van der Waals surface area (Å²) >= 11 is 0.